The molecule has 0 amide bonds. The quantitative estimate of drug-likeness (QED) is 0.747. The normalized spacial score (nSPS) is 30.5. The van der Waals surface area contributed by atoms with Crippen LogP contribution in [0.5, 0.6) is 0 Å². The molecule has 2 atom stereocenters. The van der Waals surface area contributed by atoms with Gasteiger partial charge >= 0.3 is 0 Å². The third-order valence-electron chi connectivity index (χ3n) is 4.72. The van der Waals surface area contributed by atoms with Crippen molar-refractivity contribution in [1.82, 2.24) is 10.2 Å². The van der Waals surface area contributed by atoms with Crippen LogP contribution in [0.1, 0.15) is 18.4 Å². The van der Waals surface area contributed by atoms with E-state index in [0.29, 0.717) is 6.54 Å². The SMILES string of the molecule is OC1CNCC1N1CCC(O)(Cc2ccccc2)CC1. The molecular formula is C16H24N2O2. The maximum atomic E-state index is 10.7. The van der Waals surface area contributed by atoms with Gasteiger partial charge in [0.1, 0.15) is 0 Å². The summed E-state index contributed by atoms with van der Waals surface area (Å²) >= 11 is 0. The first-order chi connectivity index (χ1) is 9.66. The first-order valence-corrected chi connectivity index (χ1v) is 7.55. The van der Waals surface area contributed by atoms with Gasteiger partial charge in [-0.25, -0.2) is 0 Å². The van der Waals surface area contributed by atoms with Crippen LogP contribution in [0.15, 0.2) is 30.3 Å². The topological polar surface area (TPSA) is 55.7 Å². The highest BCUT2D eigenvalue weighted by Gasteiger charge is 2.37. The average molecular weight is 276 g/mol. The number of β-amino-alcohol motifs (C(OH)–C–C–N with tert-alkyl or cyclic N) is 1. The van der Waals surface area contributed by atoms with Crippen molar-refractivity contribution in [1.29, 1.82) is 0 Å². The van der Waals surface area contributed by atoms with Gasteiger partial charge in [-0.1, -0.05) is 30.3 Å². The Morgan fingerprint density at radius 1 is 1.15 bits per heavy atom. The Balaban J connectivity index is 1.57. The summed E-state index contributed by atoms with van der Waals surface area (Å²) in [6.45, 7) is 3.28. The summed E-state index contributed by atoms with van der Waals surface area (Å²) in [5, 5.41) is 23.9. The van der Waals surface area contributed by atoms with E-state index in [9.17, 15) is 10.2 Å². The van der Waals surface area contributed by atoms with Crippen molar-refractivity contribution in [2.24, 2.45) is 0 Å². The van der Waals surface area contributed by atoms with Crippen molar-refractivity contribution in [3.63, 3.8) is 0 Å². The van der Waals surface area contributed by atoms with E-state index in [4.69, 9.17) is 0 Å². The highest BCUT2D eigenvalue weighted by atomic mass is 16.3. The van der Waals surface area contributed by atoms with Crippen LogP contribution >= 0.6 is 0 Å². The van der Waals surface area contributed by atoms with E-state index in [-0.39, 0.29) is 12.1 Å². The Morgan fingerprint density at radius 3 is 2.45 bits per heavy atom. The Kier molecular flexibility index (Phi) is 4.08. The number of aliphatic hydroxyl groups is 2. The van der Waals surface area contributed by atoms with Crippen LogP contribution in [0.25, 0.3) is 0 Å². The van der Waals surface area contributed by atoms with Gasteiger partial charge in [0.15, 0.2) is 0 Å². The van der Waals surface area contributed by atoms with Crippen molar-refractivity contribution in [2.75, 3.05) is 26.2 Å². The van der Waals surface area contributed by atoms with Crippen molar-refractivity contribution < 1.29 is 10.2 Å². The smallest absolute Gasteiger partial charge is 0.0831 e. The zero-order chi connectivity index (χ0) is 14.0. The fraction of sp³-hybridized carbons (Fsp3) is 0.625. The van der Waals surface area contributed by atoms with Crippen molar-refractivity contribution in [3.8, 4) is 0 Å². The number of hydrogen-bond donors (Lipinski definition) is 3. The van der Waals surface area contributed by atoms with Gasteiger partial charge in [-0.3, -0.25) is 4.90 Å². The number of hydrogen-bond acceptors (Lipinski definition) is 4. The summed E-state index contributed by atoms with van der Waals surface area (Å²) in [7, 11) is 0. The maximum Gasteiger partial charge on any atom is 0.0831 e. The first-order valence-electron chi connectivity index (χ1n) is 7.55. The summed E-state index contributed by atoms with van der Waals surface area (Å²) in [6, 6.07) is 10.4. The number of benzene rings is 1. The molecule has 0 aliphatic carbocycles. The molecule has 0 spiro atoms. The van der Waals surface area contributed by atoms with Gasteiger partial charge in [0, 0.05) is 38.6 Å². The Labute approximate surface area is 120 Å². The van der Waals surface area contributed by atoms with E-state index in [2.05, 4.69) is 22.3 Å². The molecule has 2 heterocycles. The predicted molar refractivity (Wildman–Crippen MR) is 78.6 cm³/mol. The number of aliphatic hydroxyl groups excluding tert-OH is 1. The van der Waals surface area contributed by atoms with E-state index >= 15 is 0 Å². The van der Waals surface area contributed by atoms with Crippen LogP contribution in [-0.2, 0) is 6.42 Å². The standard InChI is InChI=1S/C16H24N2O2/c19-15-12-17-11-14(15)18-8-6-16(20,7-9-18)10-13-4-2-1-3-5-13/h1-5,14-15,17,19-20H,6-12H2. The van der Waals surface area contributed by atoms with Crippen molar-refractivity contribution >= 4 is 0 Å². The molecule has 2 unspecified atom stereocenters. The van der Waals surface area contributed by atoms with E-state index in [1.165, 1.54) is 5.56 Å². The summed E-state index contributed by atoms with van der Waals surface area (Å²) in [5.41, 5.74) is 0.612. The molecule has 2 saturated heterocycles. The molecular weight excluding hydrogens is 252 g/mol. The average Bonchev–Trinajstić information content (AvgIpc) is 2.87. The molecule has 2 fully saturated rings. The second-order valence-electron chi connectivity index (χ2n) is 6.22. The number of piperidine rings is 1. The minimum Gasteiger partial charge on any atom is -0.390 e. The van der Waals surface area contributed by atoms with Gasteiger partial charge in [0.05, 0.1) is 11.7 Å². The lowest BCUT2D eigenvalue weighted by Crippen LogP contribution is -2.52. The molecule has 0 aromatic heterocycles. The van der Waals surface area contributed by atoms with E-state index in [1.54, 1.807) is 0 Å². The monoisotopic (exact) mass is 276 g/mol. The number of nitrogens with zero attached hydrogens (tertiary/aromatic N) is 1. The fourth-order valence-corrected chi connectivity index (χ4v) is 3.45. The van der Waals surface area contributed by atoms with Gasteiger partial charge in [-0.15, -0.1) is 0 Å². The molecule has 4 heteroatoms. The van der Waals surface area contributed by atoms with Crippen LogP contribution in [0.3, 0.4) is 0 Å². The largest absolute Gasteiger partial charge is 0.390 e. The summed E-state index contributed by atoms with van der Waals surface area (Å²) in [6.07, 6.45) is 2.03. The molecule has 0 radical (unpaired) electrons. The number of nitrogens with one attached hydrogen (secondary N) is 1. The summed E-state index contributed by atoms with van der Waals surface area (Å²) in [4.78, 5) is 2.32. The highest BCUT2D eigenvalue weighted by Crippen LogP contribution is 2.28. The lowest BCUT2D eigenvalue weighted by molar-refractivity contribution is -0.0403. The highest BCUT2D eigenvalue weighted by molar-refractivity contribution is 5.17. The van der Waals surface area contributed by atoms with Gasteiger partial charge in [0.25, 0.3) is 0 Å². The Morgan fingerprint density at radius 2 is 1.85 bits per heavy atom. The molecule has 0 saturated carbocycles. The van der Waals surface area contributed by atoms with E-state index in [1.807, 2.05) is 18.2 Å². The van der Waals surface area contributed by atoms with Gasteiger partial charge in [-0.05, 0) is 18.4 Å². The molecule has 3 N–H and O–H groups in total. The van der Waals surface area contributed by atoms with Gasteiger partial charge < -0.3 is 15.5 Å². The molecule has 0 bridgehead atoms. The zero-order valence-electron chi connectivity index (χ0n) is 11.8. The molecule has 4 nitrogen and oxygen atoms in total. The zero-order valence-corrected chi connectivity index (χ0v) is 11.8. The molecule has 1 aromatic carbocycles. The minimum absolute atomic E-state index is 0.219. The molecule has 2 aliphatic rings. The second kappa shape index (κ2) is 5.82. The van der Waals surface area contributed by atoms with Gasteiger partial charge in [-0.2, -0.15) is 0 Å². The van der Waals surface area contributed by atoms with Crippen LogP contribution in [0, 0.1) is 0 Å². The van der Waals surface area contributed by atoms with Crippen LogP contribution in [0.4, 0.5) is 0 Å². The second-order valence-corrected chi connectivity index (χ2v) is 6.22. The molecule has 110 valence electrons. The predicted octanol–water partition coefficient (Wildman–Crippen LogP) is 0.389. The molecule has 3 rings (SSSR count). The maximum absolute atomic E-state index is 10.7. The lowest BCUT2D eigenvalue weighted by Gasteiger charge is -2.41. The third-order valence-corrected chi connectivity index (χ3v) is 4.72. The van der Waals surface area contributed by atoms with Crippen LogP contribution < -0.4 is 5.32 Å². The molecule has 20 heavy (non-hydrogen) atoms. The van der Waals surface area contributed by atoms with Gasteiger partial charge in [0.2, 0.25) is 0 Å². The van der Waals surface area contributed by atoms with E-state index < -0.39 is 5.60 Å². The van der Waals surface area contributed by atoms with E-state index in [0.717, 1.165) is 38.9 Å². The Bertz CT molecular complexity index is 429. The number of likely N-dealkylation sites (tertiary alicyclic amines) is 1. The third kappa shape index (κ3) is 3.04. The lowest BCUT2D eigenvalue weighted by atomic mass is 9.85. The summed E-state index contributed by atoms with van der Waals surface area (Å²) < 4.78 is 0. The number of rotatable bonds is 3. The van der Waals surface area contributed by atoms with Crippen molar-refractivity contribution in [3.05, 3.63) is 35.9 Å². The fourth-order valence-electron chi connectivity index (χ4n) is 3.45. The molecule has 2 aliphatic heterocycles. The minimum atomic E-state index is -0.588. The van der Waals surface area contributed by atoms with Crippen molar-refractivity contribution in [2.45, 2.75) is 37.0 Å². The molecule has 1 aromatic rings. The first kappa shape index (κ1) is 14.0. The Hall–Kier alpha value is -0.940. The summed E-state index contributed by atoms with van der Waals surface area (Å²) in [5.74, 6) is 0. The van der Waals surface area contributed by atoms with Crippen LogP contribution in [0.2, 0.25) is 0 Å². The van der Waals surface area contributed by atoms with Crippen LogP contribution in [-0.4, -0.2) is 59.0 Å².